The predicted molar refractivity (Wildman–Crippen MR) is 276 cm³/mol. The van der Waals surface area contributed by atoms with Crippen LogP contribution in [0, 0.1) is 0 Å². The first-order valence-electron chi connectivity index (χ1n) is 22.5. The van der Waals surface area contributed by atoms with E-state index in [0.29, 0.717) is 0 Å². The average Bonchev–Trinajstić information content (AvgIpc) is 4.10. The highest BCUT2D eigenvalue weighted by molar-refractivity contribution is 6.25. The summed E-state index contributed by atoms with van der Waals surface area (Å²) in [5.74, 6) is 0. The van der Waals surface area contributed by atoms with Crippen LogP contribution in [0.2, 0.25) is 0 Å². The van der Waals surface area contributed by atoms with Crippen LogP contribution in [0.15, 0.2) is 224 Å². The van der Waals surface area contributed by atoms with Crippen molar-refractivity contribution in [2.75, 3.05) is 0 Å². The highest BCUT2D eigenvalue weighted by Gasteiger charge is 2.23. The average molecular weight is 824 g/mol. The lowest BCUT2D eigenvalue weighted by atomic mass is 9.90. The van der Waals surface area contributed by atoms with E-state index < -0.39 is 0 Å². The molecule has 3 heteroatoms. The Labute approximate surface area is 373 Å². The van der Waals surface area contributed by atoms with E-state index in [-0.39, 0.29) is 0 Å². The molecular weight excluding hydrogens is 787 g/mol. The van der Waals surface area contributed by atoms with Crippen LogP contribution in [0.25, 0.3) is 137 Å². The van der Waals surface area contributed by atoms with Crippen LogP contribution in [0.3, 0.4) is 0 Å². The van der Waals surface area contributed by atoms with E-state index in [4.69, 9.17) is 0 Å². The Morgan fingerprint density at radius 2 is 0.662 bits per heavy atom. The second kappa shape index (κ2) is 12.9. The molecule has 15 aromatic rings. The van der Waals surface area contributed by atoms with E-state index in [2.05, 4.69) is 238 Å². The lowest BCUT2D eigenvalue weighted by molar-refractivity contribution is 1.18. The molecule has 0 fully saturated rings. The van der Waals surface area contributed by atoms with Gasteiger partial charge >= 0.3 is 0 Å². The van der Waals surface area contributed by atoms with Gasteiger partial charge in [-0.25, -0.2) is 0 Å². The highest BCUT2D eigenvalue weighted by atomic mass is 15.0. The molecule has 65 heavy (non-hydrogen) atoms. The lowest BCUT2D eigenvalue weighted by Crippen LogP contribution is -1.99. The highest BCUT2D eigenvalue weighted by Crippen LogP contribution is 2.47. The van der Waals surface area contributed by atoms with Gasteiger partial charge in [0.15, 0.2) is 0 Å². The number of fused-ring (bicyclic) bond motifs is 14. The molecule has 11 aromatic carbocycles. The van der Waals surface area contributed by atoms with Gasteiger partial charge in [0.1, 0.15) is 0 Å². The zero-order chi connectivity index (χ0) is 42.3. The summed E-state index contributed by atoms with van der Waals surface area (Å²) in [6.45, 7) is 0. The van der Waals surface area contributed by atoms with Gasteiger partial charge in [0.25, 0.3) is 0 Å². The molecule has 0 aliphatic carbocycles. The van der Waals surface area contributed by atoms with Crippen molar-refractivity contribution >= 4 is 103 Å². The van der Waals surface area contributed by atoms with Crippen LogP contribution in [0.5, 0.6) is 0 Å². The summed E-state index contributed by atoms with van der Waals surface area (Å²) in [7, 11) is 0. The third kappa shape index (κ3) is 4.68. The van der Waals surface area contributed by atoms with Crippen LogP contribution < -0.4 is 0 Å². The van der Waals surface area contributed by atoms with E-state index in [1.54, 1.807) is 0 Å². The van der Waals surface area contributed by atoms with Gasteiger partial charge in [-0.3, -0.25) is 0 Å². The number of nitrogens with zero attached hydrogens (tertiary/aromatic N) is 3. The molecule has 0 spiro atoms. The summed E-state index contributed by atoms with van der Waals surface area (Å²) in [4.78, 5) is 0. The van der Waals surface area contributed by atoms with Crippen LogP contribution in [0.1, 0.15) is 0 Å². The van der Waals surface area contributed by atoms with Crippen molar-refractivity contribution in [2.45, 2.75) is 0 Å². The molecule has 0 N–H and O–H groups in total. The maximum absolute atomic E-state index is 2.53. The molecule has 0 aliphatic heterocycles. The summed E-state index contributed by atoms with van der Waals surface area (Å²) >= 11 is 0. The first-order valence-corrected chi connectivity index (χ1v) is 22.5. The fourth-order valence-electron chi connectivity index (χ4n) is 11.6. The van der Waals surface area contributed by atoms with Crippen molar-refractivity contribution in [3.05, 3.63) is 224 Å². The summed E-state index contributed by atoms with van der Waals surface area (Å²) in [5, 5.41) is 15.1. The van der Waals surface area contributed by atoms with E-state index in [0.717, 1.165) is 0 Å². The largest absolute Gasteiger partial charge is 0.309 e. The molecule has 0 saturated heterocycles. The lowest BCUT2D eigenvalue weighted by Gasteiger charge is -2.19. The van der Waals surface area contributed by atoms with Crippen LogP contribution in [-0.2, 0) is 0 Å². The number of rotatable bonds is 4. The van der Waals surface area contributed by atoms with Crippen molar-refractivity contribution in [2.24, 2.45) is 0 Å². The molecule has 0 bridgehead atoms. The molecule has 0 radical (unpaired) electrons. The van der Waals surface area contributed by atoms with Gasteiger partial charge in [0.05, 0.1) is 44.3 Å². The first kappa shape index (κ1) is 34.9. The number of hydrogen-bond donors (Lipinski definition) is 0. The Morgan fingerprint density at radius 3 is 1.28 bits per heavy atom. The van der Waals surface area contributed by atoms with E-state index in [1.807, 2.05) is 0 Å². The predicted octanol–water partition coefficient (Wildman–Crippen LogP) is 16.7. The van der Waals surface area contributed by atoms with Gasteiger partial charge in [-0.1, -0.05) is 164 Å². The van der Waals surface area contributed by atoms with Gasteiger partial charge in [0.2, 0.25) is 0 Å². The molecule has 15 rings (SSSR count). The Morgan fingerprint density at radius 1 is 0.231 bits per heavy atom. The Balaban J connectivity index is 0.959. The first-order chi connectivity index (χ1) is 32.3. The molecule has 4 aromatic heterocycles. The van der Waals surface area contributed by atoms with Crippen LogP contribution >= 0.6 is 0 Å². The molecular formula is C62H37N3. The zero-order valence-electron chi connectivity index (χ0n) is 35.2. The molecule has 0 unspecified atom stereocenters. The minimum atomic E-state index is 1.17. The molecule has 0 amide bonds. The summed E-state index contributed by atoms with van der Waals surface area (Å²) < 4.78 is 7.40. The standard InChI is InChI=1S/C62H37N3/c1-2-15-41(16-3-1)63-54-26-11-9-18-43(54)52-35-38(30-33-57(52)63)39-31-34-58-53(36-39)44-19-10-13-28-56(44)64(58)62-50-22-6-4-20-46(50)60(47-21-5-7-23-51(47)62)40-29-32-45-49-25-14-24-48-42-17-8-12-27-55(42)65(61(48)49)59(45)37-40/h1-37H. The number of aromatic nitrogens is 3. The Bertz CT molecular complexity index is 4410. The number of para-hydroxylation sites is 5. The molecule has 3 nitrogen and oxygen atoms in total. The number of benzene rings is 11. The van der Waals surface area contributed by atoms with E-state index >= 15 is 0 Å². The minimum Gasteiger partial charge on any atom is -0.309 e. The van der Waals surface area contributed by atoms with Crippen molar-refractivity contribution in [1.29, 1.82) is 0 Å². The van der Waals surface area contributed by atoms with Crippen molar-refractivity contribution in [3.8, 4) is 33.6 Å². The third-order valence-corrected chi connectivity index (χ3v) is 14.3. The summed E-state index contributed by atoms with van der Waals surface area (Å²) in [6.07, 6.45) is 0. The van der Waals surface area contributed by atoms with Gasteiger partial charge in [-0.2, -0.15) is 0 Å². The van der Waals surface area contributed by atoms with Crippen LogP contribution in [-0.4, -0.2) is 13.5 Å². The second-order valence-corrected chi connectivity index (χ2v) is 17.6. The quantitative estimate of drug-likeness (QED) is 0.157. The van der Waals surface area contributed by atoms with Crippen molar-refractivity contribution < 1.29 is 0 Å². The number of hydrogen-bond acceptors (Lipinski definition) is 0. The Hall–Kier alpha value is -8.66. The second-order valence-electron chi connectivity index (χ2n) is 17.6. The van der Waals surface area contributed by atoms with Crippen LogP contribution in [0.4, 0.5) is 0 Å². The normalized spacial score (nSPS) is 12.3. The van der Waals surface area contributed by atoms with E-state index in [1.165, 1.54) is 137 Å². The molecule has 4 heterocycles. The third-order valence-electron chi connectivity index (χ3n) is 14.3. The van der Waals surface area contributed by atoms with E-state index in [9.17, 15) is 0 Å². The minimum absolute atomic E-state index is 1.17. The maximum atomic E-state index is 2.53. The molecule has 0 aliphatic rings. The zero-order valence-corrected chi connectivity index (χ0v) is 35.2. The fraction of sp³-hybridized carbons (Fsp3) is 0. The SMILES string of the molecule is c1ccc(-n2c3ccccc3c3cc(-c4ccc5c(c4)c4ccccc4n5-c4c5ccccc5c(-c5ccc6c7cccc8c9ccccc9n(c6c5)c87)c5ccccc45)ccc32)cc1. The summed E-state index contributed by atoms with van der Waals surface area (Å²) in [5.41, 5.74) is 15.9. The summed E-state index contributed by atoms with van der Waals surface area (Å²) in [6, 6.07) is 83.3. The maximum Gasteiger partial charge on any atom is 0.0620 e. The van der Waals surface area contributed by atoms with Gasteiger partial charge in [0, 0.05) is 59.5 Å². The Kier molecular flexibility index (Phi) is 6.95. The smallest absolute Gasteiger partial charge is 0.0620 e. The molecule has 0 atom stereocenters. The van der Waals surface area contributed by atoms with Gasteiger partial charge in [-0.05, 0) is 93.7 Å². The monoisotopic (exact) mass is 823 g/mol. The van der Waals surface area contributed by atoms with Gasteiger partial charge < -0.3 is 13.5 Å². The van der Waals surface area contributed by atoms with Gasteiger partial charge in [-0.15, -0.1) is 0 Å². The topological polar surface area (TPSA) is 14.3 Å². The molecule has 0 saturated carbocycles. The fourth-order valence-corrected chi connectivity index (χ4v) is 11.6. The molecule has 300 valence electrons. The van der Waals surface area contributed by atoms with Crippen molar-refractivity contribution in [1.82, 2.24) is 13.5 Å². The van der Waals surface area contributed by atoms with Crippen molar-refractivity contribution in [3.63, 3.8) is 0 Å².